The molecule has 35 heavy (non-hydrogen) atoms. The number of allylic oxidation sites excluding steroid dienone is 1. The topological polar surface area (TPSA) is 61.8 Å². The third-order valence-corrected chi connectivity index (χ3v) is 5.50. The summed E-state index contributed by atoms with van der Waals surface area (Å²) in [4.78, 5) is 24.8. The van der Waals surface area contributed by atoms with Gasteiger partial charge in [-0.05, 0) is 78.7 Å². The fourth-order valence-electron chi connectivity index (χ4n) is 3.42. The van der Waals surface area contributed by atoms with Gasteiger partial charge in [-0.25, -0.2) is 4.79 Å². The van der Waals surface area contributed by atoms with E-state index in [4.69, 9.17) is 14.2 Å². The first kappa shape index (κ1) is 25.8. The zero-order valence-corrected chi connectivity index (χ0v) is 20.4. The van der Waals surface area contributed by atoms with Gasteiger partial charge in [0.15, 0.2) is 5.78 Å². The van der Waals surface area contributed by atoms with E-state index in [0.717, 1.165) is 17.7 Å². The lowest BCUT2D eigenvalue weighted by Gasteiger charge is -2.08. The van der Waals surface area contributed by atoms with Crippen molar-refractivity contribution < 1.29 is 23.8 Å². The number of unbranched alkanes of at least 4 members (excludes halogenated alkanes) is 4. The number of hydrogen-bond acceptors (Lipinski definition) is 5. The third-order valence-electron chi connectivity index (χ3n) is 5.50. The molecule has 5 heteroatoms. The predicted molar refractivity (Wildman–Crippen MR) is 138 cm³/mol. The van der Waals surface area contributed by atoms with Crippen LogP contribution in [0.5, 0.6) is 17.2 Å². The maximum Gasteiger partial charge on any atom is 0.343 e. The summed E-state index contributed by atoms with van der Waals surface area (Å²) in [5.74, 6) is 1.34. The average Bonchev–Trinajstić information content (AvgIpc) is 2.90. The summed E-state index contributed by atoms with van der Waals surface area (Å²) in [6.45, 7) is 2.88. The molecule has 0 spiro atoms. The molecule has 0 amide bonds. The van der Waals surface area contributed by atoms with Crippen molar-refractivity contribution in [3.05, 3.63) is 95.6 Å². The van der Waals surface area contributed by atoms with Crippen LogP contribution in [-0.4, -0.2) is 25.5 Å². The predicted octanol–water partition coefficient (Wildman–Crippen LogP) is 7.16. The van der Waals surface area contributed by atoms with Crippen molar-refractivity contribution in [3.8, 4) is 17.2 Å². The van der Waals surface area contributed by atoms with E-state index >= 15 is 0 Å². The van der Waals surface area contributed by atoms with Crippen LogP contribution in [0.4, 0.5) is 0 Å². The Labute approximate surface area is 207 Å². The highest BCUT2D eigenvalue weighted by molar-refractivity contribution is 6.06. The van der Waals surface area contributed by atoms with Crippen LogP contribution < -0.4 is 14.2 Å². The Bertz CT molecular complexity index is 1100. The second kappa shape index (κ2) is 13.8. The van der Waals surface area contributed by atoms with E-state index in [1.807, 2.05) is 0 Å². The van der Waals surface area contributed by atoms with Gasteiger partial charge in [-0.1, -0.05) is 50.8 Å². The van der Waals surface area contributed by atoms with Gasteiger partial charge in [0.05, 0.1) is 19.3 Å². The number of carbonyl (C=O) groups is 2. The van der Waals surface area contributed by atoms with Crippen molar-refractivity contribution in [1.82, 2.24) is 0 Å². The molecular weight excluding hydrogens is 440 g/mol. The van der Waals surface area contributed by atoms with Crippen molar-refractivity contribution >= 4 is 17.8 Å². The molecule has 0 bridgehead atoms. The molecule has 5 nitrogen and oxygen atoms in total. The Morgan fingerprint density at radius 2 is 1.31 bits per heavy atom. The lowest BCUT2D eigenvalue weighted by Crippen LogP contribution is -2.08. The summed E-state index contributed by atoms with van der Waals surface area (Å²) >= 11 is 0. The zero-order chi connectivity index (χ0) is 24.9. The Morgan fingerprint density at radius 1 is 0.714 bits per heavy atom. The molecule has 0 radical (unpaired) electrons. The second-order valence-electron chi connectivity index (χ2n) is 8.17. The Kier molecular flexibility index (Phi) is 10.1. The van der Waals surface area contributed by atoms with Crippen LogP contribution in [0.15, 0.2) is 78.9 Å². The first-order chi connectivity index (χ1) is 17.1. The van der Waals surface area contributed by atoms with Gasteiger partial charge in [0, 0.05) is 5.56 Å². The monoisotopic (exact) mass is 472 g/mol. The van der Waals surface area contributed by atoms with Crippen LogP contribution >= 0.6 is 0 Å². The molecule has 3 aromatic carbocycles. The lowest BCUT2D eigenvalue weighted by molar-refractivity contribution is 0.0734. The normalized spacial score (nSPS) is 10.8. The van der Waals surface area contributed by atoms with Gasteiger partial charge in [0.2, 0.25) is 0 Å². The van der Waals surface area contributed by atoms with Gasteiger partial charge in [-0.2, -0.15) is 0 Å². The first-order valence-electron chi connectivity index (χ1n) is 12.0. The number of hydrogen-bond donors (Lipinski definition) is 0. The molecule has 0 saturated carbocycles. The van der Waals surface area contributed by atoms with Crippen molar-refractivity contribution in [2.24, 2.45) is 0 Å². The lowest BCUT2D eigenvalue weighted by atomic mass is 10.1. The van der Waals surface area contributed by atoms with Crippen molar-refractivity contribution in [1.29, 1.82) is 0 Å². The molecule has 3 rings (SSSR count). The number of methoxy groups -OCH3 is 1. The summed E-state index contributed by atoms with van der Waals surface area (Å²) < 4.78 is 16.3. The van der Waals surface area contributed by atoms with E-state index in [2.05, 4.69) is 6.92 Å². The molecule has 0 aliphatic carbocycles. The highest BCUT2D eigenvalue weighted by Gasteiger charge is 2.09. The molecule has 0 aliphatic rings. The second-order valence-corrected chi connectivity index (χ2v) is 8.17. The molecule has 0 aromatic heterocycles. The summed E-state index contributed by atoms with van der Waals surface area (Å²) in [6.07, 6.45) is 9.17. The van der Waals surface area contributed by atoms with Crippen LogP contribution in [0.3, 0.4) is 0 Å². The summed E-state index contributed by atoms with van der Waals surface area (Å²) in [5, 5.41) is 0. The van der Waals surface area contributed by atoms with Crippen LogP contribution in [-0.2, 0) is 0 Å². The fourth-order valence-corrected chi connectivity index (χ4v) is 3.42. The molecule has 0 N–H and O–H groups in total. The molecule has 0 fully saturated rings. The van der Waals surface area contributed by atoms with Gasteiger partial charge >= 0.3 is 5.97 Å². The molecule has 3 aromatic rings. The number of benzene rings is 3. The van der Waals surface area contributed by atoms with Gasteiger partial charge in [0.25, 0.3) is 0 Å². The molecule has 0 saturated heterocycles. The molecule has 0 unspecified atom stereocenters. The molecule has 0 atom stereocenters. The minimum Gasteiger partial charge on any atom is -0.497 e. The number of carbonyl (C=O) groups excluding carboxylic acids is 2. The smallest absolute Gasteiger partial charge is 0.343 e. The summed E-state index contributed by atoms with van der Waals surface area (Å²) in [6, 6.07) is 20.9. The minimum absolute atomic E-state index is 0.105. The van der Waals surface area contributed by atoms with Crippen LogP contribution in [0.2, 0.25) is 0 Å². The van der Waals surface area contributed by atoms with Gasteiger partial charge in [0.1, 0.15) is 17.2 Å². The van der Waals surface area contributed by atoms with E-state index in [1.54, 1.807) is 86.0 Å². The first-order valence-corrected chi connectivity index (χ1v) is 12.0. The van der Waals surface area contributed by atoms with E-state index in [-0.39, 0.29) is 5.78 Å². The average molecular weight is 473 g/mol. The van der Waals surface area contributed by atoms with E-state index < -0.39 is 5.97 Å². The molecular formula is C30H32O5. The third kappa shape index (κ3) is 8.45. The van der Waals surface area contributed by atoms with E-state index in [0.29, 0.717) is 29.2 Å². The largest absolute Gasteiger partial charge is 0.497 e. The van der Waals surface area contributed by atoms with Crippen LogP contribution in [0.1, 0.15) is 65.3 Å². The summed E-state index contributed by atoms with van der Waals surface area (Å²) in [7, 11) is 1.58. The quantitative estimate of drug-likeness (QED) is 0.0868. The summed E-state index contributed by atoms with van der Waals surface area (Å²) in [5.41, 5.74) is 1.85. The maximum atomic E-state index is 12.5. The number of esters is 1. The highest BCUT2D eigenvalue weighted by Crippen LogP contribution is 2.18. The standard InChI is InChI=1S/C30H32O5/c1-3-4-5-6-7-22-34-27-19-13-25(14-20-27)30(32)35-28-15-8-23(9-16-28)10-21-29(31)24-11-17-26(33-2)18-12-24/h8-21H,3-7,22H2,1-2H3/b21-10+. The molecule has 0 aliphatic heterocycles. The Balaban J connectivity index is 1.47. The van der Waals surface area contributed by atoms with Crippen LogP contribution in [0, 0.1) is 0 Å². The van der Waals surface area contributed by atoms with Gasteiger partial charge < -0.3 is 14.2 Å². The molecule has 0 heterocycles. The minimum atomic E-state index is -0.436. The van der Waals surface area contributed by atoms with Crippen LogP contribution in [0.25, 0.3) is 6.08 Å². The van der Waals surface area contributed by atoms with Crippen molar-refractivity contribution in [2.75, 3.05) is 13.7 Å². The maximum absolute atomic E-state index is 12.5. The van der Waals surface area contributed by atoms with Gasteiger partial charge in [-0.3, -0.25) is 4.79 Å². The molecule has 182 valence electrons. The van der Waals surface area contributed by atoms with Crippen molar-refractivity contribution in [3.63, 3.8) is 0 Å². The fraction of sp³-hybridized carbons (Fsp3) is 0.267. The Hall–Kier alpha value is -3.86. The zero-order valence-electron chi connectivity index (χ0n) is 20.4. The number of ether oxygens (including phenoxy) is 3. The van der Waals surface area contributed by atoms with Crippen molar-refractivity contribution in [2.45, 2.75) is 39.0 Å². The number of ketones is 1. The van der Waals surface area contributed by atoms with E-state index in [9.17, 15) is 9.59 Å². The SMILES string of the molecule is CCCCCCCOc1ccc(C(=O)Oc2ccc(/C=C/C(=O)c3ccc(OC)cc3)cc2)cc1. The van der Waals surface area contributed by atoms with E-state index in [1.165, 1.54) is 31.8 Å². The number of rotatable bonds is 13. The van der Waals surface area contributed by atoms with Gasteiger partial charge in [-0.15, -0.1) is 0 Å². The highest BCUT2D eigenvalue weighted by atomic mass is 16.5. The Morgan fingerprint density at radius 3 is 1.97 bits per heavy atom.